The molecule has 0 unspecified atom stereocenters. The van der Waals surface area contributed by atoms with Crippen LogP contribution in [0.2, 0.25) is 0 Å². The molecule has 1 aliphatic rings. The third-order valence-corrected chi connectivity index (χ3v) is 4.27. The highest BCUT2D eigenvalue weighted by molar-refractivity contribution is 7.99. The molecule has 0 bridgehead atoms. The summed E-state index contributed by atoms with van der Waals surface area (Å²) in [6, 6.07) is 14.1. The first-order valence-electron chi connectivity index (χ1n) is 6.84. The maximum Gasteiger partial charge on any atom is 0.162 e. The lowest BCUT2D eigenvalue weighted by molar-refractivity contribution is 0.297. The predicted octanol–water partition coefficient (Wildman–Crippen LogP) is 4.18. The Hall–Kier alpha value is -2.12. The second-order valence-electron chi connectivity index (χ2n) is 4.87. The van der Waals surface area contributed by atoms with E-state index in [1.54, 1.807) is 11.8 Å². The van der Waals surface area contributed by atoms with Crippen molar-refractivity contribution in [1.29, 1.82) is 5.26 Å². The molecule has 106 valence electrons. The summed E-state index contributed by atoms with van der Waals surface area (Å²) < 4.78 is 11.3. The molecule has 0 spiro atoms. The smallest absolute Gasteiger partial charge is 0.162 e. The molecule has 0 radical (unpaired) electrons. The van der Waals surface area contributed by atoms with Crippen LogP contribution in [0.15, 0.2) is 46.2 Å². The first-order chi connectivity index (χ1) is 10.3. The van der Waals surface area contributed by atoms with Crippen molar-refractivity contribution >= 4 is 11.8 Å². The van der Waals surface area contributed by atoms with Gasteiger partial charge in [0.15, 0.2) is 11.5 Å². The topological polar surface area (TPSA) is 42.2 Å². The van der Waals surface area contributed by atoms with E-state index in [0.717, 1.165) is 33.3 Å². The first-order valence-corrected chi connectivity index (χ1v) is 7.66. The molecule has 0 atom stereocenters. The van der Waals surface area contributed by atoms with Crippen LogP contribution >= 0.6 is 11.8 Å². The molecular weight excluding hydrogens is 282 g/mol. The molecule has 0 saturated heterocycles. The highest BCUT2D eigenvalue weighted by Crippen LogP contribution is 2.37. The van der Waals surface area contributed by atoms with Crippen LogP contribution in [0.3, 0.4) is 0 Å². The summed E-state index contributed by atoms with van der Waals surface area (Å²) in [7, 11) is 0. The van der Waals surface area contributed by atoms with Crippen molar-refractivity contribution in [2.45, 2.75) is 23.1 Å². The number of benzene rings is 2. The normalized spacial score (nSPS) is 13.3. The van der Waals surface area contributed by atoms with Gasteiger partial charge >= 0.3 is 0 Å². The number of hydrogen-bond acceptors (Lipinski definition) is 4. The van der Waals surface area contributed by atoms with E-state index in [4.69, 9.17) is 9.47 Å². The number of fused-ring (bicyclic) bond motifs is 1. The lowest BCUT2D eigenvalue weighted by Crippen LogP contribution is -1.97. The highest BCUT2D eigenvalue weighted by Gasteiger charge is 2.12. The second kappa shape index (κ2) is 6.11. The molecule has 0 amide bonds. The van der Waals surface area contributed by atoms with Crippen molar-refractivity contribution in [3.05, 3.63) is 47.5 Å². The van der Waals surface area contributed by atoms with Crippen LogP contribution in [0, 0.1) is 18.3 Å². The quantitative estimate of drug-likeness (QED) is 0.834. The van der Waals surface area contributed by atoms with Gasteiger partial charge in [0.25, 0.3) is 0 Å². The van der Waals surface area contributed by atoms with Crippen LogP contribution in [0.4, 0.5) is 0 Å². The zero-order chi connectivity index (χ0) is 14.7. The van der Waals surface area contributed by atoms with Gasteiger partial charge in [-0.15, -0.1) is 0 Å². The van der Waals surface area contributed by atoms with Crippen molar-refractivity contribution in [2.24, 2.45) is 0 Å². The maximum atomic E-state index is 9.24. The van der Waals surface area contributed by atoms with Gasteiger partial charge in [-0.3, -0.25) is 0 Å². The predicted molar refractivity (Wildman–Crippen MR) is 82.1 cm³/mol. The molecule has 0 saturated carbocycles. The fourth-order valence-electron chi connectivity index (χ4n) is 2.15. The molecule has 2 aromatic carbocycles. The highest BCUT2D eigenvalue weighted by atomic mass is 32.2. The lowest BCUT2D eigenvalue weighted by Gasteiger charge is -2.10. The van der Waals surface area contributed by atoms with Gasteiger partial charge in [-0.2, -0.15) is 5.26 Å². The van der Waals surface area contributed by atoms with Crippen LogP contribution < -0.4 is 9.47 Å². The average molecular weight is 297 g/mol. The summed E-state index contributed by atoms with van der Waals surface area (Å²) in [4.78, 5) is 2.00. The SMILES string of the molecule is Cc1ccc(Sc2ccc3c(c2)OCCCO3)c(C#N)c1. The Bertz CT molecular complexity index is 706. The number of nitriles is 1. The molecule has 0 N–H and O–H groups in total. The monoisotopic (exact) mass is 297 g/mol. The minimum Gasteiger partial charge on any atom is -0.490 e. The molecular formula is C17H15NO2S. The van der Waals surface area contributed by atoms with Gasteiger partial charge in [-0.05, 0) is 42.8 Å². The Balaban J connectivity index is 1.89. The van der Waals surface area contributed by atoms with Crippen LogP contribution in [0.5, 0.6) is 11.5 Å². The third kappa shape index (κ3) is 3.14. The first kappa shape index (κ1) is 13.8. The van der Waals surface area contributed by atoms with E-state index in [0.29, 0.717) is 18.8 Å². The van der Waals surface area contributed by atoms with Crippen molar-refractivity contribution in [2.75, 3.05) is 13.2 Å². The summed E-state index contributed by atoms with van der Waals surface area (Å²) >= 11 is 1.57. The Morgan fingerprint density at radius 2 is 1.86 bits per heavy atom. The van der Waals surface area contributed by atoms with E-state index in [-0.39, 0.29) is 0 Å². The molecule has 3 nitrogen and oxygen atoms in total. The fourth-order valence-corrected chi connectivity index (χ4v) is 3.06. The number of hydrogen-bond donors (Lipinski definition) is 0. The van der Waals surface area contributed by atoms with E-state index in [1.165, 1.54) is 0 Å². The van der Waals surface area contributed by atoms with Crippen LogP contribution in [0.1, 0.15) is 17.5 Å². The Morgan fingerprint density at radius 1 is 1.05 bits per heavy atom. The van der Waals surface area contributed by atoms with E-state index >= 15 is 0 Å². The minimum atomic E-state index is 0.676. The number of nitrogens with zero attached hydrogens (tertiary/aromatic N) is 1. The van der Waals surface area contributed by atoms with Crippen molar-refractivity contribution in [1.82, 2.24) is 0 Å². The van der Waals surface area contributed by atoms with Gasteiger partial charge in [0.1, 0.15) is 6.07 Å². The molecule has 21 heavy (non-hydrogen) atoms. The molecule has 4 heteroatoms. The van der Waals surface area contributed by atoms with Crippen LogP contribution in [-0.2, 0) is 0 Å². The second-order valence-corrected chi connectivity index (χ2v) is 5.99. The number of rotatable bonds is 2. The molecule has 0 fully saturated rings. The van der Waals surface area contributed by atoms with Crippen LogP contribution in [-0.4, -0.2) is 13.2 Å². The summed E-state index contributed by atoms with van der Waals surface area (Å²) in [5, 5.41) is 9.24. The van der Waals surface area contributed by atoms with Gasteiger partial charge in [0, 0.05) is 16.2 Å². The Kier molecular flexibility index (Phi) is 4.03. The largest absolute Gasteiger partial charge is 0.490 e. The summed E-state index contributed by atoms with van der Waals surface area (Å²) in [6.45, 7) is 3.36. The molecule has 2 aromatic rings. The number of aryl methyl sites for hydroxylation is 1. The molecule has 0 aromatic heterocycles. The number of ether oxygens (including phenoxy) is 2. The van der Waals surface area contributed by atoms with Gasteiger partial charge in [-0.25, -0.2) is 0 Å². The van der Waals surface area contributed by atoms with Crippen LogP contribution in [0.25, 0.3) is 0 Å². The standard InChI is InChI=1S/C17H15NO2S/c1-12-3-6-17(13(9-12)11-18)21-14-4-5-15-16(10-14)20-8-2-7-19-15/h3-6,9-10H,2,7-8H2,1H3. The van der Waals surface area contributed by atoms with Crippen molar-refractivity contribution < 1.29 is 9.47 Å². The minimum absolute atomic E-state index is 0.676. The van der Waals surface area contributed by atoms with Gasteiger partial charge in [0.05, 0.1) is 18.8 Å². The molecule has 1 heterocycles. The summed E-state index contributed by atoms with van der Waals surface area (Å²) in [5.41, 5.74) is 1.79. The third-order valence-electron chi connectivity index (χ3n) is 3.20. The molecule has 3 rings (SSSR count). The molecule has 0 aliphatic carbocycles. The van der Waals surface area contributed by atoms with E-state index in [2.05, 4.69) is 6.07 Å². The summed E-state index contributed by atoms with van der Waals surface area (Å²) in [6.07, 6.45) is 0.897. The van der Waals surface area contributed by atoms with Gasteiger partial charge < -0.3 is 9.47 Å². The molecule has 1 aliphatic heterocycles. The lowest BCUT2D eigenvalue weighted by atomic mass is 10.2. The van der Waals surface area contributed by atoms with Crippen molar-refractivity contribution in [3.8, 4) is 17.6 Å². The maximum absolute atomic E-state index is 9.24. The van der Waals surface area contributed by atoms with E-state index < -0.39 is 0 Å². The fraction of sp³-hybridized carbons (Fsp3) is 0.235. The van der Waals surface area contributed by atoms with E-state index in [1.807, 2.05) is 43.3 Å². The van der Waals surface area contributed by atoms with Crippen molar-refractivity contribution in [3.63, 3.8) is 0 Å². The van der Waals surface area contributed by atoms with Gasteiger partial charge in [-0.1, -0.05) is 17.8 Å². The average Bonchev–Trinajstić information content (AvgIpc) is 2.74. The Labute approximate surface area is 128 Å². The Morgan fingerprint density at radius 3 is 2.67 bits per heavy atom. The van der Waals surface area contributed by atoms with Gasteiger partial charge in [0.2, 0.25) is 0 Å². The zero-order valence-corrected chi connectivity index (χ0v) is 12.6. The van der Waals surface area contributed by atoms with E-state index in [9.17, 15) is 5.26 Å². The zero-order valence-electron chi connectivity index (χ0n) is 11.8. The summed E-state index contributed by atoms with van der Waals surface area (Å²) in [5.74, 6) is 1.57.